The van der Waals surface area contributed by atoms with Gasteiger partial charge < -0.3 is 0 Å². The predicted octanol–water partition coefficient (Wildman–Crippen LogP) is 11.2. The molecule has 3 nitrogen and oxygen atoms in total. The van der Waals surface area contributed by atoms with Crippen LogP contribution >= 0.6 is 0 Å². The molecule has 46 heavy (non-hydrogen) atoms. The molecule has 1 heterocycles. The van der Waals surface area contributed by atoms with E-state index in [9.17, 15) is 0 Å². The van der Waals surface area contributed by atoms with E-state index in [0.717, 1.165) is 27.5 Å². The number of benzene rings is 8. The van der Waals surface area contributed by atoms with E-state index >= 15 is 0 Å². The molecule has 8 aromatic carbocycles. The van der Waals surface area contributed by atoms with Crippen LogP contribution in [0.5, 0.6) is 0 Å². The molecule has 9 rings (SSSR count). The molecule has 0 saturated heterocycles. The molecule has 0 aliphatic carbocycles. The highest BCUT2D eigenvalue weighted by Crippen LogP contribution is 2.36. The summed E-state index contributed by atoms with van der Waals surface area (Å²) in [5, 5.41) is 9.59. The molecular formula is C43H27N3. The fourth-order valence-electron chi connectivity index (χ4n) is 6.59. The molecule has 0 saturated carbocycles. The Morgan fingerprint density at radius 2 is 0.783 bits per heavy atom. The standard InChI is InChI=1S/C43H27N3/c1-3-10-28(11-4-1)31-18-19-33-27-34(21-20-32(33)26-31)42-44-41(30-13-5-2-6-14-30)45-43(46-42)40-17-9-16-36-38-23-22-29-12-7-8-15-35(29)37(38)24-25-39(36)40/h1-27H. The van der Waals surface area contributed by atoms with Crippen molar-refractivity contribution < 1.29 is 0 Å². The topological polar surface area (TPSA) is 38.7 Å². The van der Waals surface area contributed by atoms with E-state index in [-0.39, 0.29) is 0 Å². The normalized spacial score (nSPS) is 11.5. The first kappa shape index (κ1) is 26.2. The maximum atomic E-state index is 5.13. The molecule has 0 radical (unpaired) electrons. The van der Waals surface area contributed by atoms with Crippen LogP contribution in [0.15, 0.2) is 164 Å². The fraction of sp³-hybridized carbons (Fsp3) is 0. The van der Waals surface area contributed by atoms with Crippen molar-refractivity contribution in [1.29, 1.82) is 0 Å². The fourth-order valence-corrected chi connectivity index (χ4v) is 6.59. The van der Waals surface area contributed by atoms with Crippen molar-refractivity contribution in [2.75, 3.05) is 0 Å². The third-order valence-corrected chi connectivity index (χ3v) is 8.90. The molecule has 0 amide bonds. The average molecular weight is 586 g/mol. The van der Waals surface area contributed by atoms with Gasteiger partial charge >= 0.3 is 0 Å². The molecule has 9 aromatic rings. The number of hydrogen-bond acceptors (Lipinski definition) is 3. The molecule has 0 atom stereocenters. The van der Waals surface area contributed by atoms with E-state index in [2.05, 4.69) is 140 Å². The van der Waals surface area contributed by atoms with Crippen LogP contribution in [0.1, 0.15) is 0 Å². The molecule has 0 aliphatic rings. The third-order valence-electron chi connectivity index (χ3n) is 8.90. The van der Waals surface area contributed by atoms with Gasteiger partial charge in [0.1, 0.15) is 0 Å². The third kappa shape index (κ3) is 4.49. The zero-order valence-electron chi connectivity index (χ0n) is 24.9. The summed E-state index contributed by atoms with van der Waals surface area (Å²) in [6.07, 6.45) is 0. The largest absolute Gasteiger partial charge is 0.208 e. The Kier molecular flexibility index (Phi) is 6.14. The van der Waals surface area contributed by atoms with Gasteiger partial charge in [0.15, 0.2) is 17.5 Å². The van der Waals surface area contributed by atoms with Crippen molar-refractivity contribution in [2.45, 2.75) is 0 Å². The second kappa shape index (κ2) is 10.8. The van der Waals surface area contributed by atoms with Gasteiger partial charge in [-0.3, -0.25) is 0 Å². The molecule has 0 unspecified atom stereocenters. The molecule has 3 heteroatoms. The zero-order valence-corrected chi connectivity index (χ0v) is 24.9. The Morgan fingerprint density at radius 3 is 1.59 bits per heavy atom. The number of aromatic nitrogens is 3. The zero-order chi connectivity index (χ0) is 30.5. The SMILES string of the molecule is c1ccc(-c2ccc3cc(-c4nc(-c5ccccc5)nc(-c5cccc6c5ccc5c7ccccc7ccc65)n4)ccc3c2)cc1. The van der Waals surface area contributed by atoms with E-state index < -0.39 is 0 Å². The number of nitrogens with zero attached hydrogens (tertiary/aromatic N) is 3. The summed E-state index contributed by atoms with van der Waals surface area (Å²) in [5.41, 5.74) is 5.31. The Hall–Kier alpha value is -6.19. The first-order chi connectivity index (χ1) is 22.8. The van der Waals surface area contributed by atoms with Gasteiger partial charge in [0, 0.05) is 16.7 Å². The summed E-state index contributed by atoms with van der Waals surface area (Å²) in [6.45, 7) is 0. The summed E-state index contributed by atoms with van der Waals surface area (Å²) < 4.78 is 0. The lowest BCUT2D eigenvalue weighted by molar-refractivity contribution is 1.08. The summed E-state index contributed by atoms with van der Waals surface area (Å²) in [5.74, 6) is 1.97. The van der Waals surface area contributed by atoms with E-state index in [4.69, 9.17) is 15.0 Å². The maximum Gasteiger partial charge on any atom is 0.164 e. The lowest BCUT2D eigenvalue weighted by atomic mass is 9.95. The van der Waals surface area contributed by atoms with Crippen LogP contribution in [0.3, 0.4) is 0 Å². The van der Waals surface area contributed by atoms with Crippen LogP contribution in [-0.4, -0.2) is 15.0 Å². The van der Waals surface area contributed by atoms with Gasteiger partial charge in [-0.15, -0.1) is 0 Å². The lowest BCUT2D eigenvalue weighted by Crippen LogP contribution is -2.00. The van der Waals surface area contributed by atoms with E-state index in [1.165, 1.54) is 43.4 Å². The summed E-state index contributed by atoms with van der Waals surface area (Å²) in [6, 6.07) is 57.6. The molecule has 0 bridgehead atoms. The van der Waals surface area contributed by atoms with E-state index in [1.54, 1.807) is 0 Å². The smallest absolute Gasteiger partial charge is 0.164 e. The Labute approximate surface area is 266 Å². The summed E-state index contributed by atoms with van der Waals surface area (Å²) in [4.78, 5) is 15.2. The molecule has 0 N–H and O–H groups in total. The first-order valence-corrected chi connectivity index (χ1v) is 15.5. The van der Waals surface area contributed by atoms with Crippen molar-refractivity contribution in [2.24, 2.45) is 0 Å². The molecule has 0 aliphatic heterocycles. The van der Waals surface area contributed by atoms with Gasteiger partial charge in [0.05, 0.1) is 0 Å². The minimum absolute atomic E-state index is 0.654. The second-order valence-electron chi connectivity index (χ2n) is 11.7. The summed E-state index contributed by atoms with van der Waals surface area (Å²) in [7, 11) is 0. The van der Waals surface area contributed by atoms with Crippen molar-refractivity contribution in [3.8, 4) is 45.3 Å². The second-order valence-corrected chi connectivity index (χ2v) is 11.7. The Balaban J connectivity index is 1.22. The summed E-state index contributed by atoms with van der Waals surface area (Å²) >= 11 is 0. The highest BCUT2D eigenvalue weighted by molar-refractivity contribution is 6.19. The van der Waals surface area contributed by atoms with Gasteiger partial charge in [0.25, 0.3) is 0 Å². The highest BCUT2D eigenvalue weighted by Gasteiger charge is 2.16. The quantitative estimate of drug-likeness (QED) is 0.193. The van der Waals surface area contributed by atoms with Crippen LogP contribution in [-0.2, 0) is 0 Å². The average Bonchev–Trinajstić information content (AvgIpc) is 3.14. The lowest BCUT2D eigenvalue weighted by Gasteiger charge is -2.13. The van der Waals surface area contributed by atoms with Crippen LogP contribution < -0.4 is 0 Å². The van der Waals surface area contributed by atoms with Crippen molar-refractivity contribution >= 4 is 43.1 Å². The Morgan fingerprint density at radius 1 is 0.261 bits per heavy atom. The number of rotatable bonds is 4. The minimum Gasteiger partial charge on any atom is -0.208 e. The van der Waals surface area contributed by atoms with Crippen LogP contribution in [0.2, 0.25) is 0 Å². The van der Waals surface area contributed by atoms with Gasteiger partial charge in [-0.2, -0.15) is 0 Å². The Bertz CT molecular complexity index is 2570. The number of fused-ring (bicyclic) bond motifs is 6. The maximum absolute atomic E-state index is 5.13. The van der Waals surface area contributed by atoms with Gasteiger partial charge in [0.2, 0.25) is 0 Å². The van der Waals surface area contributed by atoms with Crippen LogP contribution in [0, 0.1) is 0 Å². The van der Waals surface area contributed by atoms with Gasteiger partial charge in [-0.05, 0) is 66.3 Å². The number of hydrogen-bond donors (Lipinski definition) is 0. The minimum atomic E-state index is 0.654. The molecular weight excluding hydrogens is 558 g/mol. The first-order valence-electron chi connectivity index (χ1n) is 15.5. The van der Waals surface area contributed by atoms with E-state index in [0.29, 0.717) is 17.5 Å². The van der Waals surface area contributed by atoms with Gasteiger partial charge in [-0.25, -0.2) is 15.0 Å². The van der Waals surface area contributed by atoms with Crippen molar-refractivity contribution in [3.05, 3.63) is 164 Å². The molecule has 1 aromatic heterocycles. The highest BCUT2D eigenvalue weighted by atomic mass is 15.0. The van der Waals surface area contributed by atoms with Gasteiger partial charge in [-0.1, -0.05) is 152 Å². The van der Waals surface area contributed by atoms with Crippen molar-refractivity contribution in [3.63, 3.8) is 0 Å². The monoisotopic (exact) mass is 585 g/mol. The van der Waals surface area contributed by atoms with E-state index in [1.807, 2.05) is 24.3 Å². The molecule has 214 valence electrons. The van der Waals surface area contributed by atoms with Crippen LogP contribution in [0.25, 0.3) is 88.4 Å². The molecule has 0 fully saturated rings. The predicted molar refractivity (Wildman–Crippen MR) is 192 cm³/mol. The molecule has 0 spiro atoms. The van der Waals surface area contributed by atoms with Crippen molar-refractivity contribution in [1.82, 2.24) is 15.0 Å². The van der Waals surface area contributed by atoms with Crippen LogP contribution in [0.4, 0.5) is 0 Å².